The molecule has 0 heterocycles. The van der Waals surface area contributed by atoms with Crippen LogP contribution in [0.4, 0.5) is 0 Å². The van der Waals surface area contributed by atoms with Crippen LogP contribution in [0.3, 0.4) is 0 Å². The van der Waals surface area contributed by atoms with Crippen LogP contribution in [0.5, 0.6) is 0 Å². The van der Waals surface area contributed by atoms with E-state index in [0.29, 0.717) is 12.3 Å². The third-order valence-electron chi connectivity index (χ3n) is 2.53. The minimum Gasteiger partial charge on any atom is -0.481 e. The van der Waals surface area contributed by atoms with Crippen LogP contribution in [0.25, 0.3) is 0 Å². The molecule has 0 aromatic rings. The topological polar surface area (TPSA) is 69.6 Å². The van der Waals surface area contributed by atoms with Gasteiger partial charge in [0.25, 0.3) is 0 Å². The highest BCUT2D eigenvalue weighted by Crippen LogP contribution is 2.08. The van der Waals surface area contributed by atoms with Crippen molar-refractivity contribution >= 4 is 5.97 Å². The molecule has 0 aliphatic carbocycles. The van der Waals surface area contributed by atoms with Gasteiger partial charge in [0.1, 0.15) is 0 Å². The molecule has 0 aromatic heterocycles. The van der Waals surface area contributed by atoms with E-state index in [9.17, 15) is 4.79 Å². The van der Waals surface area contributed by atoms with Gasteiger partial charge in [-0.1, -0.05) is 13.8 Å². The summed E-state index contributed by atoms with van der Waals surface area (Å²) in [6.45, 7) is 6.34. The van der Waals surface area contributed by atoms with Crippen molar-refractivity contribution in [1.82, 2.24) is 5.32 Å². The van der Waals surface area contributed by atoms with Crippen LogP contribution < -0.4 is 5.32 Å². The summed E-state index contributed by atoms with van der Waals surface area (Å²) in [7, 11) is 0. The lowest BCUT2D eigenvalue weighted by molar-refractivity contribution is -0.137. The Hall–Kier alpha value is -0.610. The van der Waals surface area contributed by atoms with E-state index in [1.54, 1.807) is 0 Å². The van der Waals surface area contributed by atoms with Gasteiger partial charge >= 0.3 is 5.97 Å². The molecule has 0 fully saturated rings. The molecule has 0 spiro atoms. The molecular formula is C11H23NO3. The summed E-state index contributed by atoms with van der Waals surface area (Å²) in [5.41, 5.74) is 0. The summed E-state index contributed by atoms with van der Waals surface area (Å²) in [5, 5.41) is 20.8. The summed E-state index contributed by atoms with van der Waals surface area (Å²) in [6.07, 6.45) is 1.54. The molecule has 0 saturated carbocycles. The van der Waals surface area contributed by atoms with Crippen LogP contribution in [-0.2, 0) is 4.79 Å². The fourth-order valence-corrected chi connectivity index (χ4v) is 1.54. The quantitative estimate of drug-likeness (QED) is 0.572. The zero-order valence-electron chi connectivity index (χ0n) is 9.86. The fraction of sp³-hybridized carbons (Fsp3) is 0.909. The molecule has 0 bridgehead atoms. The first kappa shape index (κ1) is 14.4. The third kappa shape index (κ3) is 7.33. The SMILES string of the molecule is CC(CCC(=O)O)NC(CCO)C(C)C. The van der Waals surface area contributed by atoms with Crippen LogP contribution in [0, 0.1) is 5.92 Å². The van der Waals surface area contributed by atoms with Gasteiger partial charge in [-0.05, 0) is 25.7 Å². The first-order chi connectivity index (χ1) is 6.97. The van der Waals surface area contributed by atoms with Crippen LogP contribution in [0.1, 0.15) is 40.0 Å². The minimum absolute atomic E-state index is 0.168. The Balaban J connectivity index is 3.88. The molecule has 4 heteroatoms. The maximum absolute atomic E-state index is 10.4. The second-order valence-corrected chi connectivity index (χ2v) is 4.36. The maximum atomic E-state index is 10.4. The van der Waals surface area contributed by atoms with Crippen LogP contribution in [0.2, 0.25) is 0 Å². The molecule has 0 aliphatic heterocycles. The Bertz CT molecular complexity index is 183. The number of carboxylic acids is 1. The first-order valence-corrected chi connectivity index (χ1v) is 5.56. The molecule has 15 heavy (non-hydrogen) atoms. The highest BCUT2D eigenvalue weighted by atomic mass is 16.4. The Morgan fingerprint density at radius 1 is 1.27 bits per heavy atom. The van der Waals surface area contributed by atoms with Crippen molar-refractivity contribution in [3.63, 3.8) is 0 Å². The van der Waals surface area contributed by atoms with E-state index < -0.39 is 5.97 Å². The monoisotopic (exact) mass is 217 g/mol. The minimum atomic E-state index is -0.757. The average molecular weight is 217 g/mol. The van der Waals surface area contributed by atoms with Gasteiger partial charge in [-0.25, -0.2) is 0 Å². The van der Waals surface area contributed by atoms with Crippen molar-refractivity contribution in [2.75, 3.05) is 6.61 Å². The van der Waals surface area contributed by atoms with Gasteiger partial charge in [-0.15, -0.1) is 0 Å². The first-order valence-electron chi connectivity index (χ1n) is 5.56. The zero-order valence-corrected chi connectivity index (χ0v) is 9.86. The van der Waals surface area contributed by atoms with Gasteiger partial charge in [0.05, 0.1) is 0 Å². The second kappa shape index (κ2) is 7.65. The van der Waals surface area contributed by atoms with Gasteiger partial charge in [-0.3, -0.25) is 4.79 Å². The number of aliphatic hydroxyl groups excluding tert-OH is 1. The van der Waals surface area contributed by atoms with Crippen LogP contribution >= 0.6 is 0 Å². The number of carboxylic acid groups (broad SMARTS) is 1. The molecule has 0 rings (SSSR count). The number of carbonyl (C=O) groups is 1. The van der Waals surface area contributed by atoms with Crippen molar-refractivity contribution in [2.45, 2.75) is 52.1 Å². The fourth-order valence-electron chi connectivity index (χ4n) is 1.54. The molecule has 0 saturated heterocycles. The predicted molar refractivity (Wildman–Crippen MR) is 59.8 cm³/mol. The summed E-state index contributed by atoms with van der Waals surface area (Å²) in [5.74, 6) is -0.309. The van der Waals surface area contributed by atoms with Crippen molar-refractivity contribution in [3.8, 4) is 0 Å². The van der Waals surface area contributed by atoms with Crippen LogP contribution in [0.15, 0.2) is 0 Å². The van der Waals surface area contributed by atoms with E-state index in [2.05, 4.69) is 19.2 Å². The molecule has 4 nitrogen and oxygen atoms in total. The molecule has 2 atom stereocenters. The molecular weight excluding hydrogens is 194 g/mol. The highest BCUT2D eigenvalue weighted by molar-refractivity contribution is 5.66. The van der Waals surface area contributed by atoms with E-state index in [1.807, 2.05) is 6.92 Å². The van der Waals surface area contributed by atoms with Gasteiger partial charge in [0, 0.05) is 25.1 Å². The van der Waals surface area contributed by atoms with Gasteiger partial charge in [0.2, 0.25) is 0 Å². The van der Waals surface area contributed by atoms with Gasteiger partial charge in [0.15, 0.2) is 0 Å². The Morgan fingerprint density at radius 2 is 1.87 bits per heavy atom. The highest BCUT2D eigenvalue weighted by Gasteiger charge is 2.15. The Labute approximate surface area is 91.7 Å². The number of rotatable bonds is 8. The smallest absolute Gasteiger partial charge is 0.303 e. The normalized spacial score (nSPS) is 15.3. The molecule has 0 radical (unpaired) electrons. The summed E-state index contributed by atoms with van der Waals surface area (Å²) in [4.78, 5) is 10.4. The number of hydrogen-bond donors (Lipinski definition) is 3. The van der Waals surface area contributed by atoms with E-state index in [0.717, 1.165) is 6.42 Å². The van der Waals surface area contributed by atoms with E-state index in [1.165, 1.54) is 0 Å². The van der Waals surface area contributed by atoms with Gasteiger partial charge in [-0.2, -0.15) is 0 Å². The average Bonchev–Trinajstić information content (AvgIpc) is 2.14. The van der Waals surface area contributed by atoms with Crippen molar-refractivity contribution in [1.29, 1.82) is 0 Å². The molecule has 0 aromatic carbocycles. The van der Waals surface area contributed by atoms with Crippen LogP contribution in [-0.4, -0.2) is 34.9 Å². The van der Waals surface area contributed by atoms with Gasteiger partial charge < -0.3 is 15.5 Å². The summed E-state index contributed by atoms with van der Waals surface area (Å²) >= 11 is 0. The molecule has 0 amide bonds. The summed E-state index contributed by atoms with van der Waals surface area (Å²) < 4.78 is 0. The third-order valence-corrected chi connectivity index (χ3v) is 2.53. The lowest BCUT2D eigenvalue weighted by Gasteiger charge is -2.25. The van der Waals surface area contributed by atoms with E-state index in [4.69, 9.17) is 10.2 Å². The number of nitrogens with one attached hydrogen (secondary N) is 1. The largest absolute Gasteiger partial charge is 0.481 e. The lowest BCUT2D eigenvalue weighted by atomic mass is 9.99. The Morgan fingerprint density at radius 3 is 2.27 bits per heavy atom. The molecule has 0 aliphatic rings. The van der Waals surface area contributed by atoms with E-state index in [-0.39, 0.29) is 25.1 Å². The zero-order chi connectivity index (χ0) is 11.8. The summed E-state index contributed by atoms with van der Waals surface area (Å²) in [6, 6.07) is 0.443. The van der Waals surface area contributed by atoms with Crippen molar-refractivity contribution < 1.29 is 15.0 Å². The Kier molecular flexibility index (Phi) is 7.34. The van der Waals surface area contributed by atoms with Crippen molar-refractivity contribution in [3.05, 3.63) is 0 Å². The number of aliphatic hydroxyl groups is 1. The second-order valence-electron chi connectivity index (χ2n) is 4.36. The molecule has 2 unspecified atom stereocenters. The maximum Gasteiger partial charge on any atom is 0.303 e. The van der Waals surface area contributed by atoms with Crippen molar-refractivity contribution in [2.24, 2.45) is 5.92 Å². The lowest BCUT2D eigenvalue weighted by Crippen LogP contribution is -2.40. The van der Waals surface area contributed by atoms with E-state index >= 15 is 0 Å². The molecule has 3 N–H and O–H groups in total. The number of hydrogen-bond acceptors (Lipinski definition) is 3. The standard InChI is InChI=1S/C11H23NO3/c1-8(2)10(6-7-13)12-9(3)4-5-11(14)15/h8-10,12-13H,4-7H2,1-3H3,(H,14,15). The predicted octanol–water partition coefficient (Wildman–Crippen LogP) is 1.24. The number of aliphatic carboxylic acids is 1. The molecule has 90 valence electrons.